The first-order valence-electron chi connectivity index (χ1n) is 9.76. The van der Waals surface area contributed by atoms with Crippen molar-refractivity contribution < 1.29 is 4.79 Å². The number of carbonyl (C=O) groups is 1. The summed E-state index contributed by atoms with van der Waals surface area (Å²) >= 11 is 3.00. The second-order valence-corrected chi connectivity index (χ2v) is 9.73. The molecule has 1 N–H and O–H groups in total. The van der Waals surface area contributed by atoms with E-state index in [1.165, 1.54) is 60.8 Å². The molecule has 1 amide bonds. The predicted octanol–water partition coefficient (Wildman–Crippen LogP) is 4.72. The molecule has 1 aromatic heterocycles. The van der Waals surface area contributed by atoms with E-state index in [9.17, 15) is 4.79 Å². The van der Waals surface area contributed by atoms with Crippen molar-refractivity contribution in [2.75, 3.05) is 24.2 Å². The number of rotatable bonds is 5. The molecule has 144 valence electrons. The van der Waals surface area contributed by atoms with E-state index in [2.05, 4.69) is 33.4 Å². The lowest BCUT2D eigenvalue weighted by Crippen LogP contribution is -2.45. The van der Waals surface area contributed by atoms with Gasteiger partial charge in [0.2, 0.25) is 11.0 Å². The number of aromatic nitrogens is 2. The number of nitrogens with zero attached hydrogens (tertiary/aromatic N) is 3. The van der Waals surface area contributed by atoms with Gasteiger partial charge in [0.1, 0.15) is 0 Å². The summed E-state index contributed by atoms with van der Waals surface area (Å²) in [6.45, 7) is 3.95. The normalized spacial score (nSPS) is 22.3. The Labute approximate surface area is 168 Å². The van der Waals surface area contributed by atoms with Gasteiger partial charge < -0.3 is 10.2 Å². The molecule has 1 aliphatic carbocycles. The Kier molecular flexibility index (Phi) is 5.98. The number of para-hydroxylation sites is 1. The van der Waals surface area contributed by atoms with Gasteiger partial charge in [0.25, 0.3) is 0 Å². The van der Waals surface area contributed by atoms with Crippen molar-refractivity contribution in [1.29, 1.82) is 0 Å². The third kappa shape index (κ3) is 4.63. The number of fused-ring (bicyclic) bond motifs is 1. The number of hydrogen-bond acceptors (Lipinski definition) is 6. The first-order chi connectivity index (χ1) is 13.2. The van der Waals surface area contributed by atoms with Crippen molar-refractivity contribution in [3.05, 3.63) is 29.8 Å². The zero-order valence-electron chi connectivity index (χ0n) is 15.7. The molecular formula is C20H26N4OS2. The maximum absolute atomic E-state index is 12.6. The molecule has 1 aliphatic heterocycles. The van der Waals surface area contributed by atoms with E-state index < -0.39 is 0 Å². The van der Waals surface area contributed by atoms with Gasteiger partial charge in [0, 0.05) is 18.8 Å². The highest BCUT2D eigenvalue weighted by Gasteiger charge is 2.32. The van der Waals surface area contributed by atoms with Crippen LogP contribution in [0, 0.1) is 18.8 Å². The maximum atomic E-state index is 12.6. The monoisotopic (exact) mass is 402 g/mol. The Balaban J connectivity index is 1.28. The minimum absolute atomic E-state index is 0.243. The van der Waals surface area contributed by atoms with Crippen LogP contribution in [0.1, 0.15) is 37.7 Å². The van der Waals surface area contributed by atoms with Gasteiger partial charge >= 0.3 is 0 Å². The first kappa shape index (κ1) is 18.7. The smallest absolute Gasteiger partial charge is 0.233 e. The molecule has 1 aromatic carbocycles. The third-order valence-electron chi connectivity index (χ3n) is 5.76. The highest BCUT2D eigenvalue weighted by atomic mass is 32.2. The highest BCUT2D eigenvalue weighted by molar-refractivity contribution is 8.01. The summed E-state index contributed by atoms with van der Waals surface area (Å²) in [7, 11) is 0. The Morgan fingerprint density at radius 2 is 2.04 bits per heavy atom. The standard InChI is InChI=1S/C20H26N4OS2/c1-14-6-2-5-9-17(14)21-19-22-23-20(27-19)26-13-18(25)24-11-10-15-7-3-4-8-16(15)12-24/h2,5-6,9,15-16H,3-4,7-8,10-13H2,1H3,(H,21,22)/t15-,16+/m1/s1. The summed E-state index contributed by atoms with van der Waals surface area (Å²) in [5.74, 6) is 2.28. The van der Waals surface area contributed by atoms with E-state index in [4.69, 9.17) is 0 Å². The number of thioether (sulfide) groups is 1. The predicted molar refractivity (Wildman–Crippen MR) is 112 cm³/mol. The molecular weight excluding hydrogens is 376 g/mol. The Bertz CT molecular complexity index is 794. The Morgan fingerprint density at radius 3 is 2.89 bits per heavy atom. The van der Waals surface area contributed by atoms with E-state index in [0.29, 0.717) is 5.75 Å². The number of likely N-dealkylation sites (tertiary alicyclic amines) is 1. The van der Waals surface area contributed by atoms with Gasteiger partial charge in [-0.2, -0.15) is 0 Å². The summed E-state index contributed by atoms with van der Waals surface area (Å²) in [5, 5.41) is 12.5. The lowest BCUT2D eigenvalue weighted by atomic mass is 9.75. The van der Waals surface area contributed by atoms with Gasteiger partial charge in [-0.05, 0) is 43.2 Å². The van der Waals surface area contributed by atoms with E-state index in [1.54, 1.807) is 0 Å². The third-order valence-corrected chi connectivity index (χ3v) is 7.71. The molecule has 2 fully saturated rings. The number of nitrogens with one attached hydrogen (secondary N) is 1. The summed E-state index contributed by atoms with van der Waals surface area (Å²) in [6, 6.07) is 8.11. The fourth-order valence-corrected chi connectivity index (χ4v) is 5.86. The van der Waals surface area contributed by atoms with Crippen LogP contribution in [0.25, 0.3) is 0 Å². The van der Waals surface area contributed by atoms with Crippen LogP contribution in [0.15, 0.2) is 28.6 Å². The van der Waals surface area contributed by atoms with Crippen LogP contribution in [0.4, 0.5) is 10.8 Å². The van der Waals surface area contributed by atoms with Gasteiger partial charge in [-0.1, -0.05) is 60.6 Å². The number of benzene rings is 1. The van der Waals surface area contributed by atoms with Crippen LogP contribution in [-0.4, -0.2) is 39.8 Å². The molecule has 5 nitrogen and oxygen atoms in total. The average Bonchev–Trinajstić information content (AvgIpc) is 3.15. The molecule has 1 saturated heterocycles. The Hall–Kier alpha value is -1.60. The number of anilines is 2. The minimum atomic E-state index is 0.243. The van der Waals surface area contributed by atoms with Crippen molar-refractivity contribution in [1.82, 2.24) is 15.1 Å². The van der Waals surface area contributed by atoms with Crippen LogP contribution in [0.3, 0.4) is 0 Å². The summed E-state index contributed by atoms with van der Waals surface area (Å²) in [6.07, 6.45) is 6.56. The van der Waals surface area contributed by atoms with Crippen LogP contribution in [-0.2, 0) is 4.79 Å². The minimum Gasteiger partial charge on any atom is -0.342 e. The zero-order valence-corrected chi connectivity index (χ0v) is 17.3. The van der Waals surface area contributed by atoms with Crippen molar-refractivity contribution >= 4 is 39.8 Å². The molecule has 0 unspecified atom stereocenters. The quantitative estimate of drug-likeness (QED) is 0.733. The summed E-state index contributed by atoms with van der Waals surface area (Å²) in [5.41, 5.74) is 2.21. The molecule has 4 rings (SSSR count). The van der Waals surface area contributed by atoms with Gasteiger partial charge in [0.05, 0.1) is 5.75 Å². The fourth-order valence-electron chi connectivity index (χ4n) is 4.19. The molecule has 2 heterocycles. The molecule has 2 aromatic rings. The van der Waals surface area contributed by atoms with E-state index in [-0.39, 0.29) is 5.91 Å². The van der Waals surface area contributed by atoms with Gasteiger partial charge in [-0.15, -0.1) is 10.2 Å². The Morgan fingerprint density at radius 1 is 1.22 bits per heavy atom. The van der Waals surface area contributed by atoms with Crippen molar-refractivity contribution in [3.8, 4) is 0 Å². The molecule has 27 heavy (non-hydrogen) atoms. The van der Waals surface area contributed by atoms with Crippen LogP contribution in [0.2, 0.25) is 0 Å². The highest BCUT2D eigenvalue weighted by Crippen LogP contribution is 2.36. The number of aryl methyl sites for hydroxylation is 1. The second kappa shape index (κ2) is 8.61. The molecule has 0 bridgehead atoms. The lowest BCUT2D eigenvalue weighted by Gasteiger charge is -2.41. The van der Waals surface area contributed by atoms with Crippen LogP contribution >= 0.6 is 23.1 Å². The van der Waals surface area contributed by atoms with E-state index in [0.717, 1.165) is 40.1 Å². The van der Waals surface area contributed by atoms with Crippen molar-refractivity contribution in [2.24, 2.45) is 11.8 Å². The molecule has 1 saturated carbocycles. The number of carbonyl (C=O) groups excluding carboxylic acids is 1. The van der Waals surface area contributed by atoms with E-state index >= 15 is 0 Å². The van der Waals surface area contributed by atoms with Crippen LogP contribution in [0.5, 0.6) is 0 Å². The van der Waals surface area contributed by atoms with Gasteiger partial charge in [-0.3, -0.25) is 4.79 Å². The van der Waals surface area contributed by atoms with Crippen LogP contribution < -0.4 is 5.32 Å². The summed E-state index contributed by atoms with van der Waals surface area (Å²) < 4.78 is 0.840. The number of hydrogen-bond donors (Lipinski definition) is 1. The fraction of sp³-hybridized carbons (Fsp3) is 0.550. The lowest BCUT2D eigenvalue weighted by molar-refractivity contribution is -0.131. The molecule has 0 radical (unpaired) electrons. The van der Waals surface area contributed by atoms with Crippen molar-refractivity contribution in [3.63, 3.8) is 0 Å². The largest absolute Gasteiger partial charge is 0.342 e. The molecule has 2 atom stereocenters. The molecule has 0 spiro atoms. The number of piperidine rings is 1. The first-order valence-corrected chi connectivity index (χ1v) is 11.6. The van der Waals surface area contributed by atoms with E-state index in [1.807, 2.05) is 18.2 Å². The van der Waals surface area contributed by atoms with Crippen molar-refractivity contribution in [2.45, 2.75) is 43.4 Å². The summed E-state index contributed by atoms with van der Waals surface area (Å²) in [4.78, 5) is 14.7. The zero-order chi connectivity index (χ0) is 18.6. The second-order valence-electron chi connectivity index (χ2n) is 7.53. The average molecular weight is 403 g/mol. The SMILES string of the molecule is Cc1ccccc1Nc1nnc(SCC(=O)N2CC[C@H]3CCCC[C@H]3C2)s1. The number of amides is 1. The van der Waals surface area contributed by atoms with Gasteiger partial charge in [-0.25, -0.2) is 0 Å². The maximum Gasteiger partial charge on any atom is 0.233 e. The molecule has 2 aliphatic rings. The topological polar surface area (TPSA) is 58.1 Å². The van der Waals surface area contributed by atoms with Gasteiger partial charge in [0.15, 0.2) is 4.34 Å². The molecule has 7 heteroatoms.